The van der Waals surface area contributed by atoms with Crippen LogP contribution in [0.15, 0.2) is 12.3 Å². The number of aliphatic carboxylic acids is 1. The van der Waals surface area contributed by atoms with Gasteiger partial charge in [0.1, 0.15) is 0 Å². The highest BCUT2D eigenvalue weighted by molar-refractivity contribution is 5.69. The molecule has 104 valence electrons. The number of carboxylic acids is 1. The maximum atomic E-state index is 11.0. The lowest BCUT2D eigenvalue weighted by molar-refractivity contribution is -0.384. The van der Waals surface area contributed by atoms with E-state index in [1.807, 2.05) is 13.8 Å². The van der Waals surface area contributed by atoms with Gasteiger partial charge in [0.2, 0.25) is 5.82 Å². The van der Waals surface area contributed by atoms with E-state index in [0.29, 0.717) is 5.56 Å². The van der Waals surface area contributed by atoms with Crippen molar-refractivity contribution in [3.8, 4) is 0 Å². The molecule has 19 heavy (non-hydrogen) atoms. The minimum absolute atomic E-state index is 0.0128. The second kappa shape index (κ2) is 6.12. The Labute approximate surface area is 110 Å². The highest BCUT2D eigenvalue weighted by atomic mass is 16.6. The van der Waals surface area contributed by atoms with Crippen LogP contribution in [0.1, 0.15) is 25.8 Å². The lowest BCUT2D eigenvalue weighted by Gasteiger charge is -2.21. The van der Waals surface area contributed by atoms with Crippen molar-refractivity contribution >= 4 is 17.5 Å². The molecule has 2 N–H and O–H groups in total. The highest BCUT2D eigenvalue weighted by Gasteiger charge is 2.22. The molecule has 0 saturated heterocycles. The molecule has 0 spiro atoms. The Bertz CT molecular complexity index is 488. The Balaban J connectivity index is 3.02. The minimum Gasteiger partial charge on any atom is -0.481 e. The third-order valence-corrected chi connectivity index (χ3v) is 2.72. The minimum atomic E-state index is -0.957. The van der Waals surface area contributed by atoms with Crippen LogP contribution in [-0.4, -0.2) is 27.0 Å². The van der Waals surface area contributed by atoms with Crippen molar-refractivity contribution in [2.75, 3.05) is 5.32 Å². The topological polar surface area (TPSA) is 105 Å². The van der Waals surface area contributed by atoms with Gasteiger partial charge in [0.15, 0.2) is 0 Å². The van der Waals surface area contributed by atoms with Crippen molar-refractivity contribution < 1.29 is 14.8 Å². The Morgan fingerprint density at radius 2 is 2.21 bits per heavy atom. The van der Waals surface area contributed by atoms with E-state index in [1.165, 1.54) is 12.3 Å². The van der Waals surface area contributed by atoms with E-state index in [4.69, 9.17) is 5.11 Å². The molecular weight excluding hydrogens is 250 g/mol. The standard InChI is InChI=1S/C12H17N3O4/c1-7(2)9(5-11(16)17)14-12-10(15(18)19)4-8(3)6-13-12/h4,6-7,9H,5H2,1-3H3,(H,13,14)(H,16,17). The second-order valence-corrected chi connectivity index (χ2v) is 4.73. The van der Waals surface area contributed by atoms with Crippen LogP contribution in [0.4, 0.5) is 11.5 Å². The van der Waals surface area contributed by atoms with Crippen LogP contribution in [0.25, 0.3) is 0 Å². The van der Waals surface area contributed by atoms with Crippen LogP contribution in [-0.2, 0) is 4.79 Å². The SMILES string of the molecule is Cc1cnc(NC(CC(=O)O)C(C)C)c([N+](=O)[O-])c1. The summed E-state index contributed by atoms with van der Waals surface area (Å²) in [5.41, 5.74) is 0.535. The molecule has 1 heterocycles. The molecule has 0 radical (unpaired) electrons. The summed E-state index contributed by atoms with van der Waals surface area (Å²) in [5.74, 6) is -0.838. The van der Waals surface area contributed by atoms with Crippen LogP contribution in [0.5, 0.6) is 0 Å². The molecule has 0 saturated carbocycles. The summed E-state index contributed by atoms with van der Waals surface area (Å²) in [6.07, 6.45) is 1.39. The summed E-state index contributed by atoms with van der Waals surface area (Å²) in [6, 6.07) is 0.999. The third kappa shape index (κ3) is 4.20. The Morgan fingerprint density at radius 3 is 2.68 bits per heavy atom. The number of carbonyl (C=O) groups is 1. The van der Waals surface area contributed by atoms with Crippen molar-refractivity contribution in [3.05, 3.63) is 27.9 Å². The van der Waals surface area contributed by atoms with E-state index in [1.54, 1.807) is 6.92 Å². The number of hydrogen-bond donors (Lipinski definition) is 2. The first kappa shape index (κ1) is 14.9. The van der Waals surface area contributed by atoms with Gasteiger partial charge in [-0.25, -0.2) is 4.98 Å². The van der Waals surface area contributed by atoms with E-state index in [9.17, 15) is 14.9 Å². The second-order valence-electron chi connectivity index (χ2n) is 4.73. The van der Waals surface area contributed by atoms with Gasteiger partial charge < -0.3 is 10.4 Å². The molecule has 7 heteroatoms. The molecule has 1 unspecified atom stereocenters. The first-order valence-corrected chi connectivity index (χ1v) is 5.90. The lowest BCUT2D eigenvalue weighted by Crippen LogP contribution is -2.29. The van der Waals surface area contributed by atoms with Gasteiger partial charge >= 0.3 is 11.7 Å². The smallest absolute Gasteiger partial charge is 0.311 e. The van der Waals surface area contributed by atoms with Gasteiger partial charge in [-0.1, -0.05) is 13.8 Å². The summed E-state index contributed by atoms with van der Waals surface area (Å²) in [4.78, 5) is 25.2. The first-order chi connectivity index (χ1) is 8.81. The number of pyridine rings is 1. The fourth-order valence-corrected chi connectivity index (χ4v) is 1.62. The summed E-state index contributed by atoms with van der Waals surface area (Å²) < 4.78 is 0. The van der Waals surface area contributed by atoms with Crippen molar-refractivity contribution in [2.45, 2.75) is 33.2 Å². The molecule has 7 nitrogen and oxygen atoms in total. The fourth-order valence-electron chi connectivity index (χ4n) is 1.62. The van der Waals surface area contributed by atoms with Gasteiger partial charge in [0, 0.05) is 18.3 Å². The Morgan fingerprint density at radius 1 is 1.58 bits per heavy atom. The maximum Gasteiger partial charge on any atom is 0.311 e. The lowest BCUT2D eigenvalue weighted by atomic mass is 10.0. The van der Waals surface area contributed by atoms with E-state index in [-0.39, 0.29) is 23.8 Å². The largest absolute Gasteiger partial charge is 0.481 e. The van der Waals surface area contributed by atoms with Crippen LogP contribution in [0.2, 0.25) is 0 Å². The summed E-state index contributed by atoms with van der Waals surface area (Å²) in [7, 11) is 0. The van der Waals surface area contributed by atoms with Crippen LogP contribution < -0.4 is 5.32 Å². The molecular formula is C12H17N3O4. The molecule has 0 fully saturated rings. The van der Waals surface area contributed by atoms with E-state index >= 15 is 0 Å². The Kier molecular flexibility index (Phi) is 4.80. The third-order valence-electron chi connectivity index (χ3n) is 2.72. The highest BCUT2D eigenvalue weighted by Crippen LogP contribution is 2.25. The van der Waals surface area contributed by atoms with E-state index < -0.39 is 16.9 Å². The van der Waals surface area contributed by atoms with Crippen LogP contribution >= 0.6 is 0 Å². The van der Waals surface area contributed by atoms with Gasteiger partial charge in [-0.2, -0.15) is 0 Å². The molecule has 0 amide bonds. The van der Waals surface area contributed by atoms with Gasteiger partial charge in [-0.15, -0.1) is 0 Å². The zero-order valence-corrected chi connectivity index (χ0v) is 11.1. The fraction of sp³-hybridized carbons (Fsp3) is 0.500. The number of aromatic nitrogens is 1. The van der Waals surface area contributed by atoms with Gasteiger partial charge in [-0.3, -0.25) is 14.9 Å². The predicted molar refractivity (Wildman–Crippen MR) is 70.1 cm³/mol. The number of aryl methyl sites for hydroxylation is 1. The molecule has 0 aromatic carbocycles. The number of nitro groups is 1. The van der Waals surface area contributed by atoms with Crippen molar-refractivity contribution in [1.29, 1.82) is 0 Å². The Hall–Kier alpha value is -2.18. The molecule has 0 aliphatic rings. The number of nitrogens with zero attached hydrogens (tertiary/aromatic N) is 2. The van der Waals surface area contributed by atoms with E-state index in [2.05, 4.69) is 10.3 Å². The first-order valence-electron chi connectivity index (χ1n) is 5.90. The van der Waals surface area contributed by atoms with Gasteiger partial charge in [0.25, 0.3) is 0 Å². The van der Waals surface area contributed by atoms with Crippen LogP contribution in [0, 0.1) is 23.0 Å². The van der Waals surface area contributed by atoms with Crippen LogP contribution in [0.3, 0.4) is 0 Å². The molecule has 1 atom stereocenters. The summed E-state index contributed by atoms with van der Waals surface area (Å²) in [6.45, 7) is 5.40. The quantitative estimate of drug-likeness (QED) is 0.604. The molecule has 0 aliphatic heterocycles. The number of rotatable bonds is 6. The zero-order valence-electron chi connectivity index (χ0n) is 11.1. The predicted octanol–water partition coefficient (Wildman–Crippen LogP) is 2.21. The summed E-state index contributed by atoms with van der Waals surface area (Å²) in [5, 5.41) is 22.6. The average molecular weight is 267 g/mol. The van der Waals surface area contributed by atoms with Gasteiger partial charge in [0.05, 0.1) is 11.3 Å². The van der Waals surface area contributed by atoms with E-state index in [0.717, 1.165) is 0 Å². The molecule has 1 aromatic heterocycles. The summed E-state index contributed by atoms with van der Waals surface area (Å²) >= 11 is 0. The van der Waals surface area contributed by atoms with Crippen molar-refractivity contribution in [3.63, 3.8) is 0 Å². The maximum absolute atomic E-state index is 11.0. The van der Waals surface area contributed by atoms with Gasteiger partial charge in [-0.05, 0) is 18.4 Å². The number of nitrogens with one attached hydrogen (secondary N) is 1. The number of hydrogen-bond acceptors (Lipinski definition) is 5. The molecule has 1 aromatic rings. The number of anilines is 1. The normalized spacial score (nSPS) is 12.2. The monoisotopic (exact) mass is 267 g/mol. The van der Waals surface area contributed by atoms with Crippen molar-refractivity contribution in [1.82, 2.24) is 4.98 Å². The average Bonchev–Trinajstić information content (AvgIpc) is 2.29. The molecule has 1 rings (SSSR count). The number of carboxylic acid groups (broad SMARTS) is 1. The van der Waals surface area contributed by atoms with Crippen molar-refractivity contribution in [2.24, 2.45) is 5.92 Å². The molecule has 0 bridgehead atoms. The molecule has 0 aliphatic carbocycles. The zero-order chi connectivity index (χ0) is 14.6.